The van der Waals surface area contributed by atoms with Gasteiger partial charge in [-0.25, -0.2) is 4.98 Å². The SMILES string of the molecule is Clc1ccc(C=Cc2ccc3cccc(OCc4ccccc4)c3n2)cc1. The Bertz CT molecular complexity index is 1070. The lowest BCUT2D eigenvalue weighted by atomic mass is 10.1. The van der Waals surface area contributed by atoms with Crippen molar-refractivity contribution < 1.29 is 4.74 Å². The van der Waals surface area contributed by atoms with Gasteiger partial charge in [-0.15, -0.1) is 0 Å². The van der Waals surface area contributed by atoms with E-state index < -0.39 is 0 Å². The number of halogens is 1. The molecule has 4 rings (SSSR count). The summed E-state index contributed by atoms with van der Waals surface area (Å²) >= 11 is 5.94. The van der Waals surface area contributed by atoms with Crippen LogP contribution in [-0.4, -0.2) is 4.98 Å². The van der Waals surface area contributed by atoms with Crippen LogP contribution in [0.25, 0.3) is 23.1 Å². The minimum atomic E-state index is 0.520. The van der Waals surface area contributed by atoms with Crippen molar-refractivity contribution in [2.24, 2.45) is 0 Å². The summed E-state index contributed by atoms with van der Waals surface area (Å²) in [6.45, 7) is 0.520. The Hall–Kier alpha value is -3.10. The zero-order valence-corrected chi connectivity index (χ0v) is 15.4. The van der Waals surface area contributed by atoms with Crippen molar-refractivity contribution in [2.75, 3.05) is 0 Å². The summed E-state index contributed by atoms with van der Waals surface area (Å²) in [4.78, 5) is 4.78. The number of ether oxygens (including phenoxy) is 1. The number of hydrogen-bond acceptors (Lipinski definition) is 2. The van der Waals surface area contributed by atoms with Gasteiger partial charge in [-0.3, -0.25) is 0 Å². The van der Waals surface area contributed by atoms with E-state index in [-0.39, 0.29) is 0 Å². The molecule has 3 aromatic carbocycles. The number of para-hydroxylation sites is 1. The van der Waals surface area contributed by atoms with E-state index >= 15 is 0 Å². The molecule has 0 aliphatic heterocycles. The first-order chi connectivity index (χ1) is 13.3. The zero-order valence-electron chi connectivity index (χ0n) is 14.7. The quantitative estimate of drug-likeness (QED) is 0.392. The second-order valence-corrected chi connectivity index (χ2v) is 6.66. The van der Waals surface area contributed by atoms with Gasteiger partial charge >= 0.3 is 0 Å². The van der Waals surface area contributed by atoms with Gasteiger partial charge in [0.1, 0.15) is 17.9 Å². The molecule has 0 radical (unpaired) electrons. The Morgan fingerprint density at radius 3 is 2.41 bits per heavy atom. The van der Waals surface area contributed by atoms with Crippen molar-refractivity contribution in [3.05, 3.63) is 107 Å². The first-order valence-corrected chi connectivity index (χ1v) is 9.16. The molecule has 1 heterocycles. The van der Waals surface area contributed by atoms with Crippen molar-refractivity contribution in [2.45, 2.75) is 6.61 Å². The fourth-order valence-electron chi connectivity index (χ4n) is 2.84. The third kappa shape index (κ3) is 4.36. The molecule has 0 atom stereocenters. The fraction of sp³-hybridized carbons (Fsp3) is 0.0417. The van der Waals surface area contributed by atoms with Gasteiger partial charge in [-0.05, 0) is 41.5 Å². The van der Waals surface area contributed by atoms with Crippen LogP contribution in [0.15, 0.2) is 84.9 Å². The Morgan fingerprint density at radius 2 is 1.59 bits per heavy atom. The number of nitrogens with zero attached hydrogens (tertiary/aromatic N) is 1. The zero-order chi connectivity index (χ0) is 18.5. The van der Waals surface area contributed by atoms with Crippen LogP contribution in [0.5, 0.6) is 5.75 Å². The predicted molar refractivity (Wildman–Crippen MR) is 113 cm³/mol. The number of fused-ring (bicyclic) bond motifs is 1. The van der Waals surface area contributed by atoms with E-state index in [0.29, 0.717) is 6.61 Å². The summed E-state index contributed by atoms with van der Waals surface area (Å²) in [5, 5.41) is 1.79. The number of hydrogen-bond donors (Lipinski definition) is 0. The van der Waals surface area contributed by atoms with Crippen LogP contribution in [0, 0.1) is 0 Å². The topological polar surface area (TPSA) is 22.1 Å². The molecule has 27 heavy (non-hydrogen) atoms. The third-order valence-corrected chi connectivity index (χ3v) is 4.51. The van der Waals surface area contributed by atoms with E-state index in [1.165, 1.54) is 0 Å². The molecule has 0 spiro atoms. The molecule has 1 aromatic heterocycles. The molecular weight excluding hydrogens is 354 g/mol. The van der Waals surface area contributed by atoms with Gasteiger partial charge in [0.2, 0.25) is 0 Å². The highest BCUT2D eigenvalue weighted by atomic mass is 35.5. The summed E-state index contributed by atoms with van der Waals surface area (Å²) in [6.07, 6.45) is 4.02. The summed E-state index contributed by atoms with van der Waals surface area (Å²) in [6, 6.07) is 27.9. The summed E-state index contributed by atoms with van der Waals surface area (Å²) < 4.78 is 6.04. The Morgan fingerprint density at radius 1 is 0.778 bits per heavy atom. The van der Waals surface area contributed by atoms with Gasteiger partial charge in [0, 0.05) is 10.4 Å². The lowest BCUT2D eigenvalue weighted by Crippen LogP contribution is -1.97. The highest BCUT2D eigenvalue weighted by molar-refractivity contribution is 6.30. The molecule has 0 bridgehead atoms. The Kier molecular flexibility index (Phi) is 5.17. The van der Waals surface area contributed by atoms with Crippen LogP contribution in [-0.2, 0) is 6.61 Å². The van der Waals surface area contributed by atoms with E-state index in [1.807, 2.05) is 78.9 Å². The first kappa shape index (κ1) is 17.3. The van der Waals surface area contributed by atoms with E-state index in [4.69, 9.17) is 21.3 Å². The van der Waals surface area contributed by atoms with Crippen LogP contribution < -0.4 is 4.74 Å². The second kappa shape index (κ2) is 8.07. The van der Waals surface area contributed by atoms with E-state index in [9.17, 15) is 0 Å². The summed E-state index contributed by atoms with van der Waals surface area (Å²) in [7, 11) is 0. The Balaban J connectivity index is 1.59. The summed E-state index contributed by atoms with van der Waals surface area (Å²) in [5.41, 5.74) is 3.96. The van der Waals surface area contributed by atoms with Crippen LogP contribution in [0.4, 0.5) is 0 Å². The third-order valence-electron chi connectivity index (χ3n) is 4.26. The molecule has 0 fully saturated rings. The van der Waals surface area contributed by atoms with E-state index in [1.54, 1.807) is 0 Å². The molecule has 0 amide bonds. The normalized spacial score (nSPS) is 11.1. The predicted octanol–water partition coefficient (Wildman–Crippen LogP) is 6.64. The molecule has 0 saturated heterocycles. The molecule has 0 saturated carbocycles. The maximum Gasteiger partial charge on any atom is 0.146 e. The molecule has 0 aliphatic rings. The van der Waals surface area contributed by atoms with Crippen molar-refractivity contribution in [1.82, 2.24) is 4.98 Å². The highest BCUT2D eigenvalue weighted by Gasteiger charge is 2.05. The largest absolute Gasteiger partial charge is 0.487 e. The van der Waals surface area contributed by atoms with Crippen LogP contribution in [0.2, 0.25) is 5.02 Å². The lowest BCUT2D eigenvalue weighted by Gasteiger charge is -2.09. The maximum atomic E-state index is 6.04. The van der Waals surface area contributed by atoms with Crippen molar-refractivity contribution in [3.8, 4) is 5.75 Å². The molecule has 0 aliphatic carbocycles. The molecule has 0 unspecified atom stereocenters. The van der Waals surface area contributed by atoms with E-state index in [0.717, 1.165) is 38.5 Å². The summed E-state index contributed by atoms with van der Waals surface area (Å²) in [5.74, 6) is 0.790. The van der Waals surface area contributed by atoms with Gasteiger partial charge in [0.25, 0.3) is 0 Å². The van der Waals surface area contributed by atoms with Gasteiger partial charge < -0.3 is 4.74 Å². The lowest BCUT2D eigenvalue weighted by molar-refractivity contribution is 0.309. The number of rotatable bonds is 5. The molecule has 132 valence electrons. The van der Waals surface area contributed by atoms with Gasteiger partial charge in [-0.2, -0.15) is 0 Å². The minimum Gasteiger partial charge on any atom is -0.487 e. The average Bonchev–Trinajstić information content (AvgIpc) is 2.72. The molecule has 4 aromatic rings. The average molecular weight is 372 g/mol. The molecular formula is C24H18ClNO. The van der Waals surface area contributed by atoms with Gasteiger partial charge in [0.05, 0.1) is 5.69 Å². The fourth-order valence-corrected chi connectivity index (χ4v) is 2.96. The smallest absolute Gasteiger partial charge is 0.146 e. The molecule has 0 N–H and O–H groups in total. The second-order valence-electron chi connectivity index (χ2n) is 6.22. The van der Waals surface area contributed by atoms with Crippen molar-refractivity contribution in [3.63, 3.8) is 0 Å². The van der Waals surface area contributed by atoms with Crippen LogP contribution >= 0.6 is 11.6 Å². The van der Waals surface area contributed by atoms with E-state index in [2.05, 4.69) is 18.2 Å². The Labute approximate surface area is 163 Å². The maximum absolute atomic E-state index is 6.04. The van der Waals surface area contributed by atoms with Crippen molar-refractivity contribution >= 4 is 34.7 Å². The standard InChI is InChI=1S/C24H18ClNO/c25-21-13-9-18(10-14-21)11-15-22-16-12-20-7-4-8-23(24(20)26-22)27-17-19-5-2-1-3-6-19/h1-16H,17H2. The van der Waals surface area contributed by atoms with Crippen LogP contribution in [0.1, 0.15) is 16.8 Å². The first-order valence-electron chi connectivity index (χ1n) is 8.78. The van der Waals surface area contributed by atoms with Crippen LogP contribution in [0.3, 0.4) is 0 Å². The highest BCUT2D eigenvalue weighted by Crippen LogP contribution is 2.25. The van der Waals surface area contributed by atoms with Crippen molar-refractivity contribution in [1.29, 1.82) is 0 Å². The number of pyridine rings is 1. The number of aromatic nitrogens is 1. The monoisotopic (exact) mass is 371 g/mol. The minimum absolute atomic E-state index is 0.520. The molecule has 3 heteroatoms. The molecule has 2 nitrogen and oxygen atoms in total. The number of benzene rings is 3. The van der Waals surface area contributed by atoms with Gasteiger partial charge in [0.15, 0.2) is 0 Å². The van der Waals surface area contributed by atoms with Gasteiger partial charge in [-0.1, -0.05) is 78.3 Å².